The van der Waals surface area contributed by atoms with Gasteiger partial charge in [-0.3, -0.25) is 0 Å². The van der Waals surface area contributed by atoms with E-state index >= 15 is 0 Å². The quantitative estimate of drug-likeness (QED) is 0.712. The molecule has 3 rings (SSSR count). The van der Waals surface area contributed by atoms with Gasteiger partial charge in [0.2, 0.25) is 0 Å². The normalized spacial score (nSPS) is 20.7. The molecule has 0 spiro atoms. The summed E-state index contributed by atoms with van der Waals surface area (Å²) in [6.07, 6.45) is 6.45. The second kappa shape index (κ2) is 5.11. The number of nitrogens with one attached hydrogen (secondary N) is 3. The molecule has 1 saturated carbocycles. The fourth-order valence-corrected chi connectivity index (χ4v) is 2.69. The summed E-state index contributed by atoms with van der Waals surface area (Å²) in [5, 5.41) is 14.6. The van der Waals surface area contributed by atoms with Gasteiger partial charge < -0.3 is 16.0 Å². The number of hydrogen-bond donors (Lipinski definition) is 3. The summed E-state index contributed by atoms with van der Waals surface area (Å²) in [7, 11) is 0. The number of piperidine rings is 1. The Morgan fingerprint density at radius 2 is 1.94 bits per heavy atom. The number of rotatable bonds is 4. The Morgan fingerprint density at radius 3 is 2.61 bits per heavy atom. The van der Waals surface area contributed by atoms with Gasteiger partial charge in [0.1, 0.15) is 0 Å². The van der Waals surface area contributed by atoms with Crippen LogP contribution in [0, 0.1) is 5.41 Å². The summed E-state index contributed by atoms with van der Waals surface area (Å²) in [6, 6.07) is 7.13. The molecule has 1 aromatic rings. The average Bonchev–Trinajstić information content (AvgIpc) is 3.25. The minimum atomic E-state index is 0.553. The van der Waals surface area contributed by atoms with Crippen molar-refractivity contribution in [2.45, 2.75) is 37.6 Å². The summed E-state index contributed by atoms with van der Waals surface area (Å²) >= 11 is 0. The first-order valence-electron chi connectivity index (χ1n) is 6.98. The first kappa shape index (κ1) is 11.7. The van der Waals surface area contributed by atoms with Crippen molar-refractivity contribution in [3.8, 4) is 0 Å². The maximum atomic E-state index is 7.58. The van der Waals surface area contributed by atoms with Crippen molar-refractivity contribution in [3.63, 3.8) is 0 Å². The number of anilines is 1. The van der Waals surface area contributed by atoms with Crippen molar-refractivity contribution >= 4 is 11.9 Å². The molecule has 96 valence electrons. The molecule has 0 bridgehead atoms. The Bertz CT molecular complexity index is 431. The molecule has 0 amide bonds. The van der Waals surface area contributed by atoms with Crippen molar-refractivity contribution < 1.29 is 0 Å². The van der Waals surface area contributed by atoms with Crippen LogP contribution in [0.2, 0.25) is 0 Å². The zero-order valence-electron chi connectivity index (χ0n) is 10.7. The number of hydrogen-bond acceptors (Lipinski definition) is 3. The van der Waals surface area contributed by atoms with Crippen LogP contribution in [-0.4, -0.2) is 25.3 Å². The van der Waals surface area contributed by atoms with Crippen LogP contribution in [-0.2, 0) is 0 Å². The van der Waals surface area contributed by atoms with Gasteiger partial charge in [-0.25, -0.2) is 0 Å². The van der Waals surface area contributed by atoms with Crippen LogP contribution in [0.1, 0.15) is 42.7 Å². The van der Waals surface area contributed by atoms with Crippen LogP contribution in [0.3, 0.4) is 0 Å². The molecule has 1 aliphatic carbocycles. The molecular formula is C15H21N3. The van der Waals surface area contributed by atoms with Gasteiger partial charge in [-0.1, -0.05) is 6.07 Å². The third-order valence-corrected chi connectivity index (χ3v) is 3.98. The Balaban J connectivity index is 1.75. The van der Waals surface area contributed by atoms with Crippen molar-refractivity contribution in [2.24, 2.45) is 0 Å². The van der Waals surface area contributed by atoms with E-state index in [1.807, 2.05) is 0 Å². The average molecular weight is 243 g/mol. The Labute approximate surface area is 108 Å². The van der Waals surface area contributed by atoms with Crippen molar-refractivity contribution in [3.05, 3.63) is 29.3 Å². The third kappa shape index (κ3) is 2.56. The lowest BCUT2D eigenvalue weighted by atomic mass is 10.0. The zero-order valence-corrected chi connectivity index (χ0v) is 10.7. The van der Waals surface area contributed by atoms with Gasteiger partial charge in [-0.05, 0) is 62.4 Å². The second-order valence-corrected chi connectivity index (χ2v) is 5.43. The zero-order chi connectivity index (χ0) is 12.4. The van der Waals surface area contributed by atoms with Crippen LogP contribution in [0.25, 0.3) is 0 Å². The molecule has 1 aromatic carbocycles. The molecule has 2 fully saturated rings. The molecule has 3 nitrogen and oxygen atoms in total. The fraction of sp³-hybridized carbons (Fsp3) is 0.533. The van der Waals surface area contributed by atoms with Crippen LogP contribution in [0.4, 0.5) is 5.69 Å². The molecule has 3 heteroatoms. The Kier molecular flexibility index (Phi) is 3.33. The van der Waals surface area contributed by atoms with Crippen LogP contribution in [0.15, 0.2) is 18.2 Å². The fourth-order valence-electron chi connectivity index (χ4n) is 2.69. The first-order valence-corrected chi connectivity index (χ1v) is 6.98. The lowest BCUT2D eigenvalue weighted by Crippen LogP contribution is -2.35. The van der Waals surface area contributed by atoms with Crippen LogP contribution >= 0.6 is 0 Å². The number of benzene rings is 1. The van der Waals surface area contributed by atoms with E-state index in [2.05, 4.69) is 28.8 Å². The van der Waals surface area contributed by atoms with Crippen molar-refractivity contribution in [1.29, 1.82) is 5.41 Å². The van der Waals surface area contributed by atoms with Gasteiger partial charge in [0.05, 0.1) is 0 Å². The minimum Gasteiger partial charge on any atom is -0.382 e. The summed E-state index contributed by atoms with van der Waals surface area (Å²) in [5.41, 5.74) is 3.57. The molecule has 0 radical (unpaired) electrons. The predicted molar refractivity (Wildman–Crippen MR) is 75.8 cm³/mol. The molecule has 1 saturated heterocycles. The van der Waals surface area contributed by atoms with Gasteiger partial charge in [0.25, 0.3) is 0 Å². The summed E-state index contributed by atoms with van der Waals surface area (Å²) in [4.78, 5) is 0. The van der Waals surface area contributed by atoms with E-state index in [0.717, 1.165) is 30.3 Å². The van der Waals surface area contributed by atoms with E-state index in [0.29, 0.717) is 6.04 Å². The molecule has 0 aromatic heterocycles. The predicted octanol–water partition coefficient (Wildman–Crippen LogP) is 2.73. The molecular weight excluding hydrogens is 222 g/mol. The molecule has 18 heavy (non-hydrogen) atoms. The van der Waals surface area contributed by atoms with E-state index in [4.69, 9.17) is 5.41 Å². The largest absolute Gasteiger partial charge is 0.382 e. The topological polar surface area (TPSA) is 47.9 Å². The minimum absolute atomic E-state index is 0.553. The first-order chi connectivity index (χ1) is 8.86. The Morgan fingerprint density at radius 1 is 1.17 bits per heavy atom. The van der Waals surface area contributed by atoms with Crippen LogP contribution in [0.5, 0.6) is 0 Å². The van der Waals surface area contributed by atoms with E-state index < -0.39 is 0 Å². The SMILES string of the molecule is N=Cc1cc(C2CC2)ccc1NC1CCNCC1. The van der Waals surface area contributed by atoms with Crippen molar-refractivity contribution in [2.75, 3.05) is 18.4 Å². The second-order valence-electron chi connectivity index (χ2n) is 5.43. The summed E-state index contributed by atoms with van der Waals surface area (Å²) < 4.78 is 0. The summed E-state index contributed by atoms with van der Waals surface area (Å²) in [6.45, 7) is 2.19. The molecule has 1 heterocycles. The monoisotopic (exact) mass is 243 g/mol. The van der Waals surface area contributed by atoms with E-state index in [9.17, 15) is 0 Å². The van der Waals surface area contributed by atoms with Crippen LogP contribution < -0.4 is 10.6 Å². The smallest absolute Gasteiger partial charge is 0.0431 e. The lowest BCUT2D eigenvalue weighted by Gasteiger charge is -2.25. The molecule has 0 unspecified atom stereocenters. The molecule has 1 aliphatic heterocycles. The highest BCUT2D eigenvalue weighted by Gasteiger charge is 2.24. The summed E-state index contributed by atoms with van der Waals surface area (Å²) in [5.74, 6) is 0.761. The van der Waals surface area contributed by atoms with E-state index in [1.54, 1.807) is 0 Å². The molecule has 0 atom stereocenters. The third-order valence-electron chi connectivity index (χ3n) is 3.98. The van der Waals surface area contributed by atoms with Crippen molar-refractivity contribution in [1.82, 2.24) is 5.32 Å². The van der Waals surface area contributed by atoms with Gasteiger partial charge in [0, 0.05) is 23.5 Å². The highest BCUT2D eigenvalue weighted by molar-refractivity contribution is 5.86. The van der Waals surface area contributed by atoms with E-state index in [1.165, 1.54) is 37.5 Å². The highest BCUT2D eigenvalue weighted by atomic mass is 15.0. The maximum Gasteiger partial charge on any atom is 0.0431 e. The van der Waals surface area contributed by atoms with Gasteiger partial charge in [-0.2, -0.15) is 0 Å². The van der Waals surface area contributed by atoms with E-state index in [-0.39, 0.29) is 0 Å². The lowest BCUT2D eigenvalue weighted by molar-refractivity contribution is 0.479. The van der Waals surface area contributed by atoms with Gasteiger partial charge in [-0.15, -0.1) is 0 Å². The van der Waals surface area contributed by atoms with Gasteiger partial charge >= 0.3 is 0 Å². The molecule has 2 aliphatic rings. The molecule has 3 N–H and O–H groups in total. The standard InChI is InChI=1S/C15H21N3/c16-10-13-9-12(11-1-2-11)3-4-15(13)18-14-5-7-17-8-6-14/h3-4,9-11,14,16-18H,1-2,5-8H2. The highest BCUT2D eigenvalue weighted by Crippen LogP contribution is 2.40. The maximum absolute atomic E-state index is 7.58. The Hall–Kier alpha value is -1.35. The van der Waals surface area contributed by atoms with Gasteiger partial charge in [0.15, 0.2) is 0 Å².